The van der Waals surface area contributed by atoms with Crippen LogP contribution in [-0.4, -0.2) is 4.57 Å². The van der Waals surface area contributed by atoms with Crippen LogP contribution in [-0.2, 0) is 5.41 Å². The number of anilines is 3. The average Bonchev–Trinajstić information content (AvgIpc) is 3.98. The third-order valence-corrected chi connectivity index (χ3v) is 13.8. The first-order chi connectivity index (χ1) is 31.5. The fraction of sp³-hybridized carbons (Fsp3) is 0.0492. The fourth-order valence-electron chi connectivity index (χ4n) is 10.7. The molecule has 0 bridgehead atoms. The van der Waals surface area contributed by atoms with Crippen LogP contribution in [0.25, 0.3) is 93.6 Å². The Balaban J connectivity index is 0.946. The minimum atomic E-state index is -0.136. The van der Waals surface area contributed by atoms with E-state index in [-0.39, 0.29) is 5.41 Å². The van der Waals surface area contributed by atoms with Crippen LogP contribution in [0.1, 0.15) is 25.0 Å². The van der Waals surface area contributed by atoms with E-state index in [0.29, 0.717) is 0 Å². The zero-order chi connectivity index (χ0) is 42.5. The van der Waals surface area contributed by atoms with Gasteiger partial charge in [0.1, 0.15) is 11.2 Å². The van der Waals surface area contributed by atoms with Gasteiger partial charge in [-0.3, -0.25) is 0 Å². The smallest absolute Gasteiger partial charge is 0.143 e. The zero-order valence-electron chi connectivity index (χ0n) is 35.6. The molecule has 64 heavy (non-hydrogen) atoms. The van der Waals surface area contributed by atoms with Crippen LogP contribution in [0, 0.1) is 0 Å². The Labute approximate surface area is 371 Å². The zero-order valence-corrected chi connectivity index (χ0v) is 35.6. The third kappa shape index (κ3) is 5.47. The number of nitrogens with zero attached hydrogens (tertiary/aromatic N) is 2. The van der Waals surface area contributed by atoms with Crippen LogP contribution in [0.4, 0.5) is 17.1 Å². The number of hydrogen-bond donors (Lipinski definition) is 0. The minimum Gasteiger partial charge on any atom is -0.455 e. The summed E-state index contributed by atoms with van der Waals surface area (Å²) in [5.74, 6) is 0. The Morgan fingerprint density at radius 1 is 0.406 bits per heavy atom. The van der Waals surface area contributed by atoms with Gasteiger partial charge in [0.15, 0.2) is 0 Å². The van der Waals surface area contributed by atoms with E-state index >= 15 is 0 Å². The number of rotatable bonds is 6. The van der Waals surface area contributed by atoms with Crippen LogP contribution in [0.3, 0.4) is 0 Å². The molecule has 0 fully saturated rings. The highest BCUT2D eigenvalue weighted by Gasteiger charge is 2.35. The molecule has 0 spiro atoms. The molecule has 0 N–H and O–H groups in total. The van der Waals surface area contributed by atoms with E-state index in [2.05, 4.69) is 242 Å². The third-order valence-electron chi connectivity index (χ3n) is 13.8. The molecule has 2 aromatic heterocycles. The fourth-order valence-corrected chi connectivity index (χ4v) is 10.7. The van der Waals surface area contributed by atoms with Gasteiger partial charge in [0.05, 0.1) is 11.0 Å². The lowest BCUT2D eigenvalue weighted by Gasteiger charge is -2.28. The van der Waals surface area contributed by atoms with Crippen molar-refractivity contribution in [3.63, 3.8) is 0 Å². The number of hydrogen-bond acceptors (Lipinski definition) is 2. The highest BCUT2D eigenvalue weighted by molar-refractivity contribution is 6.19. The summed E-state index contributed by atoms with van der Waals surface area (Å²) in [6.45, 7) is 4.71. The molecule has 0 atom stereocenters. The molecule has 1 aliphatic carbocycles. The van der Waals surface area contributed by atoms with Crippen molar-refractivity contribution in [2.24, 2.45) is 0 Å². The van der Waals surface area contributed by atoms with Gasteiger partial charge in [0.2, 0.25) is 0 Å². The van der Waals surface area contributed by atoms with Gasteiger partial charge in [-0.05, 0) is 123 Å². The summed E-state index contributed by atoms with van der Waals surface area (Å²) < 4.78 is 9.02. The normalized spacial score (nSPS) is 13.0. The molecule has 0 saturated heterocycles. The van der Waals surface area contributed by atoms with Gasteiger partial charge in [-0.25, -0.2) is 0 Å². The van der Waals surface area contributed by atoms with E-state index in [9.17, 15) is 0 Å². The highest BCUT2D eigenvalue weighted by atomic mass is 16.3. The van der Waals surface area contributed by atoms with Gasteiger partial charge in [-0.2, -0.15) is 0 Å². The Morgan fingerprint density at radius 3 is 1.88 bits per heavy atom. The van der Waals surface area contributed by atoms with Gasteiger partial charge in [0, 0.05) is 55.1 Å². The van der Waals surface area contributed by atoms with Crippen molar-refractivity contribution in [1.29, 1.82) is 0 Å². The van der Waals surface area contributed by atoms with Crippen molar-refractivity contribution in [1.82, 2.24) is 4.57 Å². The van der Waals surface area contributed by atoms with E-state index in [0.717, 1.165) is 66.8 Å². The number of furan rings is 1. The average molecular weight is 819 g/mol. The molecule has 0 saturated carbocycles. The second-order valence-electron chi connectivity index (χ2n) is 17.7. The summed E-state index contributed by atoms with van der Waals surface area (Å²) in [6.07, 6.45) is 0. The lowest BCUT2D eigenvalue weighted by Crippen LogP contribution is -2.16. The molecule has 0 aliphatic heterocycles. The molecule has 3 nitrogen and oxygen atoms in total. The molecule has 0 amide bonds. The van der Waals surface area contributed by atoms with Crippen molar-refractivity contribution in [3.8, 4) is 39.1 Å². The topological polar surface area (TPSA) is 21.3 Å². The van der Waals surface area contributed by atoms with Gasteiger partial charge < -0.3 is 13.9 Å². The quantitative estimate of drug-likeness (QED) is 0.167. The second kappa shape index (κ2) is 13.9. The predicted octanol–water partition coefficient (Wildman–Crippen LogP) is 16.9. The molecule has 2 heterocycles. The van der Waals surface area contributed by atoms with Crippen LogP contribution >= 0.6 is 0 Å². The molecule has 3 heteroatoms. The molecule has 13 rings (SSSR count). The van der Waals surface area contributed by atoms with Crippen molar-refractivity contribution < 1.29 is 4.42 Å². The summed E-state index contributed by atoms with van der Waals surface area (Å²) in [7, 11) is 0. The van der Waals surface area contributed by atoms with E-state index < -0.39 is 0 Å². The first kappa shape index (κ1) is 36.5. The Hall–Kier alpha value is -8.14. The summed E-state index contributed by atoms with van der Waals surface area (Å²) in [4.78, 5) is 2.42. The number of aromatic nitrogens is 1. The van der Waals surface area contributed by atoms with Crippen LogP contribution in [0.15, 0.2) is 223 Å². The number of para-hydroxylation sites is 2. The largest absolute Gasteiger partial charge is 0.455 e. The molecule has 10 aromatic carbocycles. The Morgan fingerprint density at radius 2 is 1.05 bits per heavy atom. The van der Waals surface area contributed by atoms with E-state index in [1.54, 1.807) is 0 Å². The van der Waals surface area contributed by atoms with E-state index in [1.807, 2.05) is 0 Å². The van der Waals surface area contributed by atoms with Crippen molar-refractivity contribution >= 4 is 71.6 Å². The Bertz CT molecular complexity index is 3770. The van der Waals surface area contributed by atoms with Gasteiger partial charge >= 0.3 is 0 Å². The monoisotopic (exact) mass is 818 g/mol. The maximum Gasteiger partial charge on any atom is 0.143 e. The Kier molecular flexibility index (Phi) is 7.95. The molecule has 12 aromatic rings. The van der Waals surface area contributed by atoms with Gasteiger partial charge in [-0.1, -0.05) is 159 Å². The lowest BCUT2D eigenvalue weighted by atomic mass is 9.82. The van der Waals surface area contributed by atoms with Gasteiger partial charge in [0.25, 0.3) is 0 Å². The van der Waals surface area contributed by atoms with Crippen molar-refractivity contribution in [2.75, 3.05) is 4.90 Å². The lowest BCUT2D eigenvalue weighted by molar-refractivity contribution is 0.660. The second-order valence-corrected chi connectivity index (χ2v) is 17.7. The summed E-state index contributed by atoms with van der Waals surface area (Å²) in [5, 5.41) is 7.10. The first-order valence-corrected chi connectivity index (χ1v) is 22.2. The highest BCUT2D eigenvalue weighted by Crippen LogP contribution is 2.51. The minimum absolute atomic E-state index is 0.136. The van der Waals surface area contributed by atoms with Gasteiger partial charge in [-0.15, -0.1) is 0 Å². The molecule has 1 aliphatic rings. The summed E-state index contributed by atoms with van der Waals surface area (Å²) >= 11 is 0. The SMILES string of the molecule is CC1(C)c2ccccc2-c2ccc(N(c3ccc(-c4cccc(-n5c6ccccc6c6ccccc65)c4)cc3)c3cccc(-c4cccc5oc6c7ccccc7ccc6c45)c3)cc21. The number of fused-ring (bicyclic) bond motifs is 11. The molecular weight excluding hydrogens is 777 g/mol. The van der Waals surface area contributed by atoms with Crippen molar-refractivity contribution in [3.05, 3.63) is 230 Å². The van der Waals surface area contributed by atoms with Crippen LogP contribution < -0.4 is 4.90 Å². The standard InChI is InChI=1S/C61H42N2O/c1-61(2)54-24-8-5-20-49(54)50-35-33-46(38-55(50)61)62(44-17-12-16-42(37-44)47-23-13-27-58-59(47)53-34-30-40-14-3-4-19-48(40)60(53)64-58)43-31-28-39(29-32-43)41-15-11-18-45(36-41)63-56-25-9-6-21-51(56)52-22-7-10-26-57(52)63/h3-38H,1-2H3. The number of benzene rings is 10. The predicted molar refractivity (Wildman–Crippen MR) is 269 cm³/mol. The maximum absolute atomic E-state index is 6.63. The molecular formula is C61H42N2O. The van der Waals surface area contributed by atoms with Crippen LogP contribution in [0.5, 0.6) is 0 Å². The first-order valence-electron chi connectivity index (χ1n) is 22.2. The summed E-state index contributed by atoms with van der Waals surface area (Å²) in [6, 6.07) is 79.7. The molecule has 0 radical (unpaired) electrons. The molecule has 0 unspecified atom stereocenters. The molecule has 302 valence electrons. The van der Waals surface area contributed by atoms with Crippen LogP contribution in [0.2, 0.25) is 0 Å². The van der Waals surface area contributed by atoms with Crippen molar-refractivity contribution in [2.45, 2.75) is 19.3 Å². The van der Waals surface area contributed by atoms with E-state index in [4.69, 9.17) is 4.42 Å². The maximum atomic E-state index is 6.63. The van der Waals surface area contributed by atoms with E-state index in [1.165, 1.54) is 55.0 Å². The summed E-state index contributed by atoms with van der Waals surface area (Å²) in [5.41, 5.74) is 18.5.